The van der Waals surface area contributed by atoms with E-state index in [2.05, 4.69) is 14.9 Å². The van der Waals surface area contributed by atoms with Crippen molar-refractivity contribution in [3.63, 3.8) is 0 Å². The van der Waals surface area contributed by atoms with E-state index >= 15 is 0 Å². The third-order valence-electron chi connectivity index (χ3n) is 5.13. The second kappa shape index (κ2) is 7.82. The average Bonchev–Trinajstić information content (AvgIpc) is 3.13. The summed E-state index contributed by atoms with van der Waals surface area (Å²) in [7, 11) is -3.41. The fraction of sp³-hybridized carbons (Fsp3) is 0.350. The van der Waals surface area contributed by atoms with Gasteiger partial charge in [0.1, 0.15) is 5.82 Å². The van der Waals surface area contributed by atoms with Crippen LogP contribution >= 0.6 is 0 Å². The Morgan fingerprint density at radius 1 is 1.17 bits per heavy atom. The van der Waals surface area contributed by atoms with Crippen molar-refractivity contribution in [2.75, 3.05) is 24.1 Å². The van der Waals surface area contributed by atoms with E-state index in [1.165, 1.54) is 0 Å². The zero-order valence-electron chi connectivity index (χ0n) is 16.2. The summed E-state index contributed by atoms with van der Waals surface area (Å²) in [5.41, 5.74) is 1.91. The minimum atomic E-state index is -3.41. The number of benzene rings is 1. The average molecular weight is 414 g/mol. The van der Waals surface area contributed by atoms with Gasteiger partial charge in [-0.3, -0.25) is 13.9 Å². The van der Waals surface area contributed by atoms with Crippen LogP contribution in [0.1, 0.15) is 30.1 Å². The standard InChI is InChI=1S/C20H23N5O3S/c1-29(27,28)23-17-9-3-2-7-15(17)13-19(26)24-11-6-8-16(14-24)20-22-21-18-10-4-5-12-25(18)20/h2-5,7,9-10,12,16,23H,6,8,11,13-14H2,1H3. The molecule has 0 spiro atoms. The Bertz CT molecular complexity index is 1140. The number of hydrogen-bond acceptors (Lipinski definition) is 5. The summed E-state index contributed by atoms with van der Waals surface area (Å²) >= 11 is 0. The van der Waals surface area contributed by atoms with Crippen molar-refractivity contribution in [3.05, 3.63) is 60.0 Å². The van der Waals surface area contributed by atoms with Gasteiger partial charge in [-0.15, -0.1) is 10.2 Å². The predicted molar refractivity (Wildman–Crippen MR) is 110 cm³/mol. The lowest BCUT2D eigenvalue weighted by Gasteiger charge is -2.32. The summed E-state index contributed by atoms with van der Waals surface area (Å²) < 4.78 is 27.7. The van der Waals surface area contributed by atoms with Crippen molar-refractivity contribution < 1.29 is 13.2 Å². The zero-order chi connectivity index (χ0) is 20.4. The van der Waals surface area contributed by atoms with Crippen LogP contribution < -0.4 is 4.72 Å². The number of nitrogens with zero attached hydrogens (tertiary/aromatic N) is 4. The molecule has 9 heteroatoms. The number of para-hydroxylation sites is 1. The van der Waals surface area contributed by atoms with E-state index in [0.717, 1.165) is 30.6 Å². The number of aromatic nitrogens is 3. The third kappa shape index (κ3) is 4.40. The highest BCUT2D eigenvalue weighted by Crippen LogP contribution is 2.27. The summed E-state index contributed by atoms with van der Waals surface area (Å²) in [6.45, 7) is 1.27. The molecule has 1 amide bonds. The zero-order valence-corrected chi connectivity index (χ0v) is 17.0. The maximum atomic E-state index is 13.0. The molecule has 1 atom stereocenters. The van der Waals surface area contributed by atoms with E-state index in [1.54, 1.807) is 24.3 Å². The van der Waals surface area contributed by atoms with Crippen LogP contribution in [0, 0.1) is 0 Å². The van der Waals surface area contributed by atoms with Gasteiger partial charge in [-0.05, 0) is 36.6 Å². The summed E-state index contributed by atoms with van der Waals surface area (Å²) in [4.78, 5) is 14.8. The first-order valence-corrected chi connectivity index (χ1v) is 11.4. The number of carbonyl (C=O) groups is 1. The molecule has 29 heavy (non-hydrogen) atoms. The summed E-state index contributed by atoms with van der Waals surface area (Å²) in [5.74, 6) is 0.970. The fourth-order valence-electron chi connectivity index (χ4n) is 3.80. The van der Waals surface area contributed by atoms with Gasteiger partial charge in [-0.25, -0.2) is 8.42 Å². The molecule has 4 rings (SSSR count). The SMILES string of the molecule is CS(=O)(=O)Nc1ccccc1CC(=O)N1CCCC(c2nnc3ccccn23)C1. The molecule has 1 aromatic carbocycles. The monoisotopic (exact) mass is 413 g/mol. The number of nitrogens with one attached hydrogen (secondary N) is 1. The highest BCUT2D eigenvalue weighted by atomic mass is 32.2. The van der Waals surface area contributed by atoms with Crippen molar-refractivity contribution in [2.24, 2.45) is 0 Å². The van der Waals surface area contributed by atoms with E-state index < -0.39 is 10.0 Å². The fourth-order valence-corrected chi connectivity index (χ4v) is 4.40. The van der Waals surface area contributed by atoms with Crippen LogP contribution in [0.2, 0.25) is 0 Å². The van der Waals surface area contributed by atoms with Crippen LogP contribution in [0.5, 0.6) is 0 Å². The number of sulfonamides is 1. The number of fused-ring (bicyclic) bond motifs is 1. The molecule has 0 bridgehead atoms. The molecule has 1 unspecified atom stereocenters. The number of amides is 1. The minimum absolute atomic E-state index is 0.0220. The van der Waals surface area contributed by atoms with Gasteiger partial charge >= 0.3 is 0 Å². The Kier molecular flexibility index (Phi) is 5.23. The first kappa shape index (κ1) is 19.4. The van der Waals surface area contributed by atoms with E-state index in [4.69, 9.17) is 0 Å². The van der Waals surface area contributed by atoms with Gasteiger partial charge in [0.15, 0.2) is 5.65 Å². The van der Waals surface area contributed by atoms with Gasteiger partial charge in [0, 0.05) is 25.2 Å². The highest BCUT2D eigenvalue weighted by Gasteiger charge is 2.28. The number of likely N-dealkylation sites (tertiary alicyclic amines) is 1. The Morgan fingerprint density at radius 3 is 2.79 bits per heavy atom. The summed E-state index contributed by atoms with van der Waals surface area (Å²) in [6.07, 6.45) is 5.03. The lowest BCUT2D eigenvalue weighted by Crippen LogP contribution is -2.40. The first-order valence-electron chi connectivity index (χ1n) is 9.54. The Morgan fingerprint density at radius 2 is 1.97 bits per heavy atom. The summed E-state index contributed by atoms with van der Waals surface area (Å²) in [5, 5.41) is 8.57. The van der Waals surface area contributed by atoms with Crippen LogP contribution in [0.15, 0.2) is 48.7 Å². The van der Waals surface area contributed by atoms with Crippen molar-refractivity contribution in [3.8, 4) is 0 Å². The summed E-state index contributed by atoms with van der Waals surface area (Å²) in [6, 6.07) is 12.8. The highest BCUT2D eigenvalue weighted by molar-refractivity contribution is 7.92. The molecule has 0 saturated carbocycles. The van der Waals surface area contributed by atoms with Crippen molar-refractivity contribution in [2.45, 2.75) is 25.2 Å². The molecule has 1 aliphatic rings. The van der Waals surface area contributed by atoms with Gasteiger partial charge < -0.3 is 4.90 Å². The largest absolute Gasteiger partial charge is 0.342 e. The van der Waals surface area contributed by atoms with Crippen LogP contribution in [-0.4, -0.2) is 53.2 Å². The number of hydrogen-bond donors (Lipinski definition) is 1. The number of anilines is 1. The Labute approximate surface area is 169 Å². The van der Waals surface area contributed by atoms with Gasteiger partial charge in [-0.1, -0.05) is 24.3 Å². The molecule has 0 aliphatic carbocycles. The van der Waals surface area contributed by atoms with E-state index in [0.29, 0.717) is 24.3 Å². The van der Waals surface area contributed by atoms with Crippen LogP contribution in [-0.2, 0) is 21.2 Å². The van der Waals surface area contributed by atoms with Crippen molar-refractivity contribution in [1.82, 2.24) is 19.5 Å². The van der Waals surface area contributed by atoms with Gasteiger partial charge in [0.05, 0.1) is 18.4 Å². The second-order valence-corrected chi connectivity index (χ2v) is 9.12. The molecule has 1 saturated heterocycles. The minimum Gasteiger partial charge on any atom is -0.342 e. The van der Waals surface area contributed by atoms with Crippen molar-refractivity contribution in [1.29, 1.82) is 0 Å². The van der Waals surface area contributed by atoms with Gasteiger partial charge in [-0.2, -0.15) is 0 Å². The Hall–Kier alpha value is -2.94. The number of pyridine rings is 1. The number of carbonyl (C=O) groups excluding carboxylic acids is 1. The lowest BCUT2D eigenvalue weighted by atomic mass is 9.96. The van der Waals surface area contributed by atoms with Crippen LogP contribution in [0.4, 0.5) is 5.69 Å². The lowest BCUT2D eigenvalue weighted by molar-refractivity contribution is -0.131. The van der Waals surface area contributed by atoms with E-state index in [-0.39, 0.29) is 18.2 Å². The van der Waals surface area contributed by atoms with Gasteiger partial charge in [0.2, 0.25) is 15.9 Å². The molecule has 152 valence electrons. The van der Waals surface area contributed by atoms with E-state index in [9.17, 15) is 13.2 Å². The maximum absolute atomic E-state index is 13.0. The molecule has 1 aliphatic heterocycles. The maximum Gasteiger partial charge on any atom is 0.229 e. The van der Waals surface area contributed by atoms with Crippen LogP contribution in [0.25, 0.3) is 5.65 Å². The van der Waals surface area contributed by atoms with E-state index in [1.807, 2.05) is 33.7 Å². The van der Waals surface area contributed by atoms with Crippen LogP contribution in [0.3, 0.4) is 0 Å². The normalized spacial score (nSPS) is 17.4. The number of rotatable bonds is 5. The first-order chi connectivity index (χ1) is 13.9. The predicted octanol–water partition coefficient (Wildman–Crippen LogP) is 2.05. The Balaban J connectivity index is 1.50. The molecular weight excluding hydrogens is 390 g/mol. The number of piperidine rings is 1. The second-order valence-electron chi connectivity index (χ2n) is 7.37. The molecule has 1 fully saturated rings. The smallest absolute Gasteiger partial charge is 0.229 e. The third-order valence-corrected chi connectivity index (χ3v) is 5.72. The van der Waals surface area contributed by atoms with Crippen molar-refractivity contribution >= 4 is 27.3 Å². The quantitative estimate of drug-likeness (QED) is 0.691. The molecule has 3 heterocycles. The van der Waals surface area contributed by atoms with Gasteiger partial charge in [0.25, 0.3) is 0 Å². The topological polar surface area (TPSA) is 96.7 Å². The molecule has 2 aromatic heterocycles. The molecule has 8 nitrogen and oxygen atoms in total. The molecule has 0 radical (unpaired) electrons. The molecule has 1 N–H and O–H groups in total. The molecule has 3 aromatic rings. The molecular formula is C20H23N5O3S.